The van der Waals surface area contributed by atoms with Crippen molar-refractivity contribution in [1.29, 1.82) is 0 Å². The largest absolute Gasteiger partial charge is 0.485 e. The van der Waals surface area contributed by atoms with Crippen molar-refractivity contribution in [2.45, 2.75) is 13.0 Å². The predicted molar refractivity (Wildman–Crippen MR) is 54.4 cm³/mol. The summed E-state index contributed by atoms with van der Waals surface area (Å²) >= 11 is 3.39. The number of hydrogen-bond donors (Lipinski definition) is 0. The number of hydrogen-bond acceptors (Lipinski definition) is 1. The van der Waals surface area contributed by atoms with Crippen LogP contribution < -0.4 is 4.74 Å². The molecule has 0 amide bonds. The van der Waals surface area contributed by atoms with Crippen LogP contribution in [-0.2, 0) is 0 Å². The van der Waals surface area contributed by atoms with Crippen molar-refractivity contribution in [2.75, 3.05) is 0 Å². The molecule has 1 nitrogen and oxygen atoms in total. The van der Waals surface area contributed by atoms with Crippen molar-refractivity contribution in [1.82, 2.24) is 0 Å². The number of para-hydroxylation sites is 1. The van der Waals surface area contributed by atoms with Crippen molar-refractivity contribution < 1.29 is 4.74 Å². The topological polar surface area (TPSA) is 9.23 Å². The van der Waals surface area contributed by atoms with Crippen molar-refractivity contribution >= 4 is 15.9 Å². The van der Waals surface area contributed by atoms with Gasteiger partial charge < -0.3 is 4.74 Å². The highest BCUT2D eigenvalue weighted by Gasteiger charge is 2.01. The molecular formula is C10H11BrO. The summed E-state index contributed by atoms with van der Waals surface area (Å²) in [7, 11) is 0. The Hall–Kier alpha value is -0.760. The minimum Gasteiger partial charge on any atom is -0.485 e. The maximum absolute atomic E-state index is 5.53. The highest BCUT2D eigenvalue weighted by atomic mass is 79.9. The predicted octanol–water partition coefficient (Wildman–Crippen LogP) is 3.40. The summed E-state index contributed by atoms with van der Waals surface area (Å²) in [5, 5.41) is 0. The zero-order valence-corrected chi connectivity index (χ0v) is 8.54. The molecule has 64 valence electrons. The van der Waals surface area contributed by atoms with E-state index in [9.17, 15) is 0 Å². The molecule has 0 saturated carbocycles. The SMILES string of the molecule is C=CC(C)Oc1ccccc1Br. The zero-order chi connectivity index (χ0) is 8.97. The first-order valence-electron chi connectivity index (χ1n) is 3.78. The van der Waals surface area contributed by atoms with Gasteiger partial charge in [-0.2, -0.15) is 0 Å². The summed E-state index contributed by atoms with van der Waals surface area (Å²) in [6, 6.07) is 7.76. The Balaban J connectivity index is 2.75. The molecule has 1 aromatic carbocycles. The molecule has 0 radical (unpaired) electrons. The molecule has 0 aliphatic rings. The molecule has 0 heterocycles. The van der Waals surface area contributed by atoms with Crippen LogP contribution in [0, 0.1) is 0 Å². The Morgan fingerprint density at radius 1 is 1.50 bits per heavy atom. The van der Waals surface area contributed by atoms with Crippen molar-refractivity contribution in [3.05, 3.63) is 41.4 Å². The fourth-order valence-corrected chi connectivity index (χ4v) is 1.17. The van der Waals surface area contributed by atoms with E-state index < -0.39 is 0 Å². The van der Waals surface area contributed by atoms with Gasteiger partial charge in [-0.3, -0.25) is 0 Å². The maximum atomic E-state index is 5.53. The fraction of sp³-hybridized carbons (Fsp3) is 0.200. The molecule has 0 aliphatic carbocycles. The van der Waals surface area contributed by atoms with Gasteiger partial charge in [0.1, 0.15) is 11.9 Å². The summed E-state index contributed by atoms with van der Waals surface area (Å²) in [6.07, 6.45) is 1.81. The van der Waals surface area contributed by atoms with Gasteiger partial charge in [-0.1, -0.05) is 24.8 Å². The van der Waals surface area contributed by atoms with E-state index in [0.29, 0.717) is 0 Å². The minimum absolute atomic E-state index is 0.0451. The van der Waals surface area contributed by atoms with Gasteiger partial charge in [-0.15, -0.1) is 0 Å². The third kappa shape index (κ3) is 2.38. The third-order valence-corrected chi connectivity index (χ3v) is 2.14. The Morgan fingerprint density at radius 3 is 2.75 bits per heavy atom. The van der Waals surface area contributed by atoms with Crippen molar-refractivity contribution in [3.8, 4) is 5.75 Å². The molecule has 0 fully saturated rings. The van der Waals surface area contributed by atoms with Crippen LogP contribution in [-0.4, -0.2) is 6.10 Å². The number of rotatable bonds is 3. The number of halogens is 1. The molecule has 1 atom stereocenters. The van der Waals surface area contributed by atoms with Crippen molar-refractivity contribution in [2.24, 2.45) is 0 Å². The highest BCUT2D eigenvalue weighted by Crippen LogP contribution is 2.24. The molecule has 0 aliphatic heterocycles. The molecule has 1 unspecified atom stereocenters. The van der Waals surface area contributed by atoms with Gasteiger partial charge in [-0.05, 0) is 35.0 Å². The Bertz CT molecular complexity index is 270. The Morgan fingerprint density at radius 2 is 2.17 bits per heavy atom. The molecule has 0 aromatic heterocycles. The maximum Gasteiger partial charge on any atom is 0.134 e. The van der Waals surface area contributed by atoms with E-state index in [0.717, 1.165) is 10.2 Å². The molecular weight excluding hydrogens is 216 g/mol. The van der Waals surface area contributed by atoms with Crippen molar-refractivity contribution in [3.63, 3.8) is 0 Å². The quantitative estimate of drug-likeness (QED) is 0.719. The van der Waals surface area contributed by atoms with Crippen LogP contribution >= 0.6 is 15.9 Å². The van der Waals surface area contributed by atoms with E-state index in [2.05, 4.69) is 22.5 Å². The lowest BCUT2D eigenvalue weighted by atomic mass is 10.3. The van der Waals surface area contributed by atoms with Crippen LogP contribution in [0.2, 0.25) is 0 Å². The second-order valence-electron chi connectivity index (χ2n) is 2.49. The molecule has 0 bridgehead atoms. The number of benzene rings is 1. The molecule has 0 spiro atoms. The van der Waals surface area contributed by atoms with E-state index >= 15 is 0 Å². The van der Waals surface area contributed by atoms with E-state index in [-0.39, 0.29) is 6.10 Å². The van der Waals surface area contributed by atoms with Crippen LogP contribution in [0.4, 0.5) is 0 Å². The monoisotopic (exact) mass is 226 g/mol. The van der Waals surface area contributed by atoms with Crippen LogP contribution in [0.25, 0.3) is 0 Å². The normalized spacial score (nSPS) is 12.2. The van der Waals surface area contributed by atoms with Gasteiger partial charge >= 0.3 is 0 Å². The molecule has 2 heteroatoms. The first-order valence-corrected chi connectivity index (χ1v) is 4.57. The smallest absolute Gasteiger partial charge is 0.134 e. The molecule has 1 aromatic rings. The summed E-state index contributed by atoms with van der Waals surface area (Å²) in [4.78, 5) is 0. The van der Waals surface area contributed by atoms with Gasteiger partial charge in [0.15, 0.2) is 0 Å². The average molecular weight is 227 g/mol. The minimum atomic E-state index is 0.0451. The van der Waals surface area contributed by atoms with Crippen LogP contribution in [0.5, 0.6) is 5.75 Å². The van der Waals surface area contributed by atoms with Gasteiger partial charge in [0.2, 0.25) is 0 Å². The lowest BCUT2D eigenvalue weighted by Gasteiger charge is -2.11. The lowest BCUT2D eigenvalue weighted by molar-refractivity contribution is 0.268. The van der Waals surface area contributed by atoms with E-state index in [1.165, 1.54) is 0 Å². The Kier molecular flexibility index (Phi) is 3.35. The average Bonchev–Trinajstić information content (AvgIpc) is 2.09. The van der Waals surface area contributed by atoms with Gasteiger partial charge in [-0.25, -0.2) is 0 Å². The summed E-state index contributed by atoms with van der Waals surface area (Å²) in [6.45, 7) is 5.60. The summed E-state index contributed by atoms with van der Waals surface area (Å²) < 4.78 is 6.50. The second kappa shape index (κ2) is 4.31. The fourth-order valence-electron chi connectivity index (χ4n) is 0.789. The summed E-state index contributed by atoms with van der Waals surface area (Å²) in [5.41, 5.74) is 0. The molecule has 12 heavy (non-hydrogen) atoms. The van der Waals surface area contributed by atoms with Crippen LogP contribution in [0.3, 0.4) is 0 Å². The van der Waals surface area contributed by atoms with E-state index in [1.807, 2.05) is 31.2 Å². The molecule has 0 N–H and O–H groups in total. The molecule has 0 saturated heterocycles. The van der Waals surface area contributed by atoms with Gasteiger partial charge in [0.05, 0.1) is 4.47 Å². The molecule has 1 rings (SSSR count). The second-order valence-corrected chi connectivity index (χ2v) is 3.34. The van der Waals surface area contributed by atoms with Crippen LogP contribution in [0.1, 0.15) is 6.92 Å². The zero-order valence-electron chi connectivity index (χ0n) is 6.96. The highest BCUT2D eigenvalue weighted by molar-refractivity contribution is 9.10. The lowest BCUT2D eigenvalue weighted by Crippen LogP contribution is -2.07. The summed E-state index contributed by atoms with van der Waals surface area (Å²) in [5.74, 6) is 0.852. The number of ether oxygens (including phenoxy) is 1. The third-order valence-electron chi connectivity index (χ3n) is 1.48. The first kappa shape index (κ1) is 9.33. The van der Waals surface area contributed by atoms with Gasteiger partial charge in [0.25, 0.3) is 0 Å². The van der Waals surface area contributed by atoms with Crippen LogP contribution in [0.15, 0.2) is 41.4 Å². The first-order chi connectivity index (χ1) is 5.74. The van der Waals surface area contributed by atoms with Gasteiger partial charge in [0, 0.05) is 0 Å². The Labute approximate surface area is 81.2 Å². The van der Waals surface area contributed by atoms with E-state index in [4.69, 9.17) is 4.74 Å². The van der Waals surface area contributed by atoms with E-state index in [1.54, 1.807) is 6.08 Å². The standard InChI is InChI=1S/C10H11BrO/c1-3-8(2)12-10-7-5-4-6-9(10)11/h3-8H,1H2,2H3.